The van der Waals surface area contributed by atoms with Crippen LogP contribution in [0.5, 0.6) is 0 Å². The van der Waals surface area contributed by atoms with Crippen molar-refractivity contribution in [2.24, 2.45) is 11.8 Å². The molecule has 2 amide bonds. The lowest BCUT2D eigenvalue weighted by molar-refractivity contribution is -0.138. The molecule has 0 radical (unpaired) electrons. The normalized spacial score (nSPS) is 17.7. The summed E-state index contributed by atoms with van der Waals surface area (Å²) in [6, 6.07) is 21.1. The molecule has 1 saturated carbocycles. The molecular weight excluding hydrogens is 512 g/mol. The van der Waals surface area contributed by atoms with Gasteiger partial charge in [0.15, 0.2) is 0 Å². The maximum Gasteiger partial charge on any atom is 0.411 e. The zero-order valence-electron chi connectivity index (χ0n) is 18.7. The summed E-state index contributed by atoms with van der Waals surface area (Å²) in [6.07, 6.45) is -0.0403. The fourth-order valence-corrected chi connectivity index (χ4v) is 5.14. The van der Waals surface area contributed by atoms with Crippen LogP contribution in [0.15, 0.2) is 71.2 Å². The predicted octanol–water partition coefficient (Wildman–Crippen LogP) is 5.26. The lowest BCUT2D eigenvalue weighted by Gasteiger charge is -2.15. The predicted molar refractivity (Wildman–Crippen MR) is 134 cm³/mol. The van der Waals surface area contributed by atoms with Gasteiger partial charge in [-0.2, -0.15) is 0 Å². The van der Waals surface area contributed by atoms with Crippen molar-refractivity contribution in [2.45, 2.75) is 12.3 Å². The van der Waals surface area contributed by atoms with E-state index in [0.717, 1.165) is 22.3 Å². The third-order valence-electron chi connectivity index (χ3n) is 6.51. The first kappa shape index (κ1) is 23.1. The molecule has 0 bridgehead atoms. The second-order valence-corrected chi connectivity index (χ2v) is 9.75. The van der Waals surface area contributed by atoms with Crippen LogP contribution in [0.3, 0.4) is 0 Å². The standard InChI is InChI=1S/C27H23BrN2O5/c28-17-9-15(25(31)29-13-16-11-23(16)26(32)33)10-18(12-17)30-27(34)35-14-24-21-7-3-1-5-19(21)20-6-2-4-8-22(20)24/h1-10,12,16,23-24H,11,13-14H2,(H,29,31)(H,30,34)(H,32,33)/t16-,23-/m1/s1. The Labute approximate surface area is 210 Å². The first-order valence-electron chi connectivity index (χ1n) is 11.3. The molecule has 0 aromatic heterocycles. The molecule has 0 heterocycles. The molecule has 3 aromatic carbocycles. The van der Waals surface area contributed by atoms with Gasteiger partial charge in [-0.25, -0.2) is 4.79 Å². The van der Waals surface area contributed by atoms with Crippen molar-refractivity contribution in [1.82, 2.24) is 5.32 Å². The Morgan fingerprint density at radius 2 is 1.63 bits per heavy atom. The average Bonchev–Trinajstić information content (AvgIpc) is 3.56. The molecule has 3 N–H and O–H groups in total. The lowest BCUT2D eigenvalue weighted by atomic mass is 9.98. The number of nitrogens with one attached hydrogen (secondary N) is 2. The number of rotatable bonds is 7. The highest BCUT2D eigenvalue weighted by molar-refractivity contribution is 9.10. The Balaban J connectivity index is 1.21. The van der Waals surface area contributed by atoms with E-state index in [2.05, 4.69) is 50.8 Å². The monoisotopic (exact) mass is 534 g/mol. The zero-order chi connectivity index (χ0) is 24.5. The summed E-state index contributed by atoms with van der Waals surface area (Å²) >= 11 is 3.37. The number of carbonyl (C=O) groups excluding carboxylic acids is 2. The summed E-state index contributed by atoms with van der Waals surface area (Å²) in [4.78, 5) is 36.1. The molecular formula is C27H23BrN2O5. The summed E-state index contributed by atoms with van der Waals surface area (Å²) < 4.78 is 6.20. The third kappa shape index (κ3) is 4.93. The van der Waals surface area contributed by atoms with Crippen molar-refractivity contribution in [3.8, 4) is 11.1 Å². The van der Waals surface area contributed by atoms with Gasteiger partial charge in [0.05, 0.1) is 5.92 Å². The second-order valence-electron chi connectivity index (χ2n) is 8.83. The number of anilines is 1. The summed E-state index contributed by atoms with van der Waals surface area (Å²) in [5.74, 6) is -1.64. The molecule has 2 aliphatic carbocycles. The Morgan fingerprint density at radius 3 is 2.26 bits per heavy atom. The number of aliphatic carboxylic acids is 1. The Bertz CT molecular complexity index is 1280. The van der Waals surface area contributed by atoms with Crippen LogP contribution in [0.1, 0.15) is 33.8 Å². The zero-order valence-corrected chi connectivity index (χ0v) is 20.2. The Morgan fingerprint density at radius 1 is 0.971 bits per heavy atom. The molecule has 2 atom stereocenters. The van der Waals surface area contributed by atoms with Gasteiger partial charge in [0.1, 0.15) is 6.61 Å². The van der Waals surface area contributed by atoms with Crippen LogP contribution in [-0.2, 0) is 9.53 Å². The second kappa shape index (κ2) is 9.54. The summed E-state index contributed by atoms with van der Waals surface area (Å²) in [5.41, 5.74) is 5.33. The van der Waals surface area contributed by atoms with Crippen LogP contribution < -0.4 is 10.6 Å². The van der Waals surface area contributed by atoms with Crippen LogP contribution in [0, 0.1) is 11.8 Å². The minimum absolute atomic E-state index is 0.0398. The van der Waals surface area contributed by atoms with Gasteiger partial charge in [0, 0.05) is 28.2 Å². The number of halogens is 1. The number of hydrogen-bond acceptors (Lipinski definition) is 4. The van der Waals surface area contributed by atoms with Gasteiger partial charge in [-0.1, -0.05) is 64.5 Å². The van der Waals surface area contributed by atoms with E-state index < -0.39 is 12.1 Å². The van der Waals surface area contributed by atoms with Gasteiger partial charge in [0.2, 0.25) is 0 Å². The first-order valence-corrected chi connectivity index (χ1v) is 12.1. The highest BCUT2D eigenvalue weighted by Crippen LogP contribution is 2.44. The minimum atomic E-state index is -0.832. The van der Waals surface area contributed by atoms with Gasteiger partial charge in [-0.15, -0.1) is 0 Å². The molecule has 1 fully saturated rings. The largest absolute Gasteiger partial charge is 0.481 e. The number of carboxylic acid groups (broad SMARTS) is 1. The average molecular weight is 535 g/mol. The smallest absolute Gasteiger partial charge is 0.411 e. The van der Waals surface area contributed by atoms with Gasteiger partial charge < -0.3 is 15.2 Å². The highest BCUT2D eigenvalue weighted by atomic mass is 79.9. The molecule has 2 aliphatic rings. The van der Waals surface area contributed by atoms with Crippen LogP contribution in [-0.4, -0.2) is 36.2 Å². The van der Waals surface area contributed by atoms with Gasteiger partial charge in [0.25, 0.3) is 5.91 Å². The topological polar surface area (TPSA) is 105 Å². The van der Waals surface area contributed by atoms with Gasteiger partial charge >= 0.3 is 12.1 Å². The van der Waals surface area contributed by atoms with E-state index in [4.69, 9.17) is 9.84 Å². The molecule has 35 heavy (non-hydrogen) atoms. The lowest BCUT2D eigenvalue weighted by Crippen LogP contribution is -2.26. The Kier molecular flexibility index (Phi) is 6.30. The molecule has 178 valence electrons. The van der Waals surface area contributed by atoms with Crippen LogP contribution in [0.25, 0.3) is 11.1 Å². The van der Waals surface area contributed by atoms with E-state index in [9.17, 15) is 14.4 Å². The maximum atomic E-state index is 12.6. The quantitative estimate of drug-likeness (QED) is 0.383. The number of fused-ring (bicyclic) bond motifs is 3. The van der Waals surface area contributed by atoms with Crippen molar-refractivity contribution in [1.29, 1.82) is 0 Å². The SMILES string of the molecule is O=C(Nc1cc(Br)cc(C(=O)NC[C@H]2C[C@H]2C(=O)O)c1)OCC1c2ccccc2-c2ccccc21. The maximum absolute atomic E-state index is 12.6. The molecule has 8 heteroatoms. The summed E-state index contributed by atoms with van der Waals surface area (Å²) in [7, 11) is 0. The number of carboxylic acids is 1. The van der Waals surface area contributed by atoms with Gasteiger partial charge in [-0.3, -0.25) is 14.9 Å². The number of benzene rings is 3. The summed E-state index contributed by atoms with van der Waals surface area (Å²) in [6.45, 7) is 0.491. The number of amides is 2. The molecule has 0 spiro atoms. The number of hydrogen-bond donors (Lipinski definition) is 3. The van der Waals surface area contributed by atoms with E-state index in [0.29, 0.717) is 28.7 Å². The molecule has 5 rings (SSSR count). The van der Waals surface area contributed by atoms with Crippen molar-refractivity contribution < 1.29 is 24.2 Å². The summed E-state index contributed by atoms with van der Waals surface area (Å²) in [5, 5.41) is 14.5. The number of carbonyl (C=O) groups is 3. The fraction of sp³-hybridized carbons (Fsp3) is 0.222. The highest BCUT2D eigenvalue weighted by Gasteiger charge is 2.43. The van der Waals surface area contributed by atoms with Crippen molar-refractivity contribution in [2.75, 3.05) is 18.5 Å². The van der Waals surface area contributed by atoms with Gasteiger partial charge in [-0.05, 0) is 52.8 Å². The van der Waals surface area contributed by atoms with E-state index in [-0.39, 0.29) is 30.3 Å². The first-order chi connectivity index (χ1) is 16.9. The van der Waals surface area contributed by atoms with Crippen LogP contribution in [0.2, 0.25) is 0 Å². The van der Waals surface area contributed by atoms with E-state index >= 15 is 0 Å². The van der Waals surface area contributed by atoms with Crippen LogP contribution in [0.4, 0.5) is 10.5 Å². The number of ether oxygens (including phenoxy) is 1. The molecule has 7 nitrogen and oxygen atoms in total. The van der Waals surface area contributed by atoms with Crippen molar-refractivity contribution in [3.05, 3.63) is 87.9 Å². The van der Waals surface area contributed by atoms with E-state index in [1.54, 1.807) is 18.2 Å². The van der Waals surface area contributed by atoms with Crippen molar-refractivity contribution in [3.63, 3.8) is 0 Å². The molecule has 0 saturated heterocycles. The third-order valence-corrected chi connectivity index (χ3v) is 6.97. The van der Waals surface area contributed by atoms with Crippen molar-refractivity contribution >= 4 is 39.6 Å². The molecule has 3 aromatic rings. The molecule has 0 aliphatic heterocycles. The molecule has 0 unspecified atom stereocenters. The fourth-order valence-electron chi connectivity index (χ4n) is 4.65. The van der Waals surface area contributed by atoms with E-state index in [1.807, 2.05) is 24.3 Å². The van der Waals surface area contributed by atoms with Crippen LogP contribution >= 0.6 is 15.9 Å². The Hall–Kier alpha value is -3.65. The van der Waals surface area contributed by atoms with E-state index in [1.165, 1.54) is 0 Å². The minimum Gasteiger partial charge on any atom is -0.481 e.